The van der Waals surface area contributed by atoms with Gasteiger partial charge in [0.2, 0.25) is 0 Å². The lowest BCUT2D eigenvalue weighted by atomic mass is 9.46. The molecule has 0 bridgehead atoms. The van der Waals surface area contributed by atoms with Crippen molar-refractivity contribution in [1.29, 1.82) is 0 Å². The second-order valence-electron chi connectivity index (χ2n) is 9.39. The second kappa shape index (κ2) is 4.99. The average Bonchev–Trinajstić information content (AvgIpc) is 2.84. The van der Waals surface area contributed by atoms with E-state index in [2.05, 4.69) is 33.4 Å². The first kappa shape index (κ1) is 15.0. The topological polar surface area (TPSA) is 0 Å². The van der Waals surface area contributed by atoms with Crippen LogP contribution in [0.2, 0.25) is 0 Å². The van der Waals surface area contributed by atoms with Crippen molar-refractivity contribution in [2.24, 2.45) is 34.5 Å². The molecule has 0 heterocycles. The molecule has 0 amide bonds. The summed E-state index contributed by atoms with van der Waals surface area (Å²) in [4.78, 5) is 0. The van der Waals surface area contributed by atoms with Gasteiger partial charge in [0.1, 0.15) is 0 Å². The Bertz CT molecular complexity index is 512. The minimum absolute atomic E-state index is 0.510. The van der Waals surface area contributed by atoms with Crippen LogP contribution in [-0.4, -0.2) is 0 Å². The molecule has 6 atom stereocenters. The van der Waals surface area contributed by atoms with Crippen molar-refractivity contribution in [3.8, 4) is 0 Å². The molecule has 0 aromatic heterocycles. The molecule has 4 aliphatic rings. The van der Waals surface area contributed by atoms with Crippen LogP contribution in [0, 0.1) is 34.5 Å². The third-order valence-corrected chi connectivity index (χ3v) is 8.77. The first-order valence-corrected chi connectivity index (χ1v) is 9.88. The Kier molecular flexibility index (Phi) is 3.41. The molecule has 0 saturated heterocycles. The van der Waals surface area contributed by atoms with Gasteiger partial charge in [-0.15, -0.1) is 0 Å². The van der Waals surface area contributed by atoms with E-state index in [4.69, 9.17) is 0 Å². The van der Waals surface area contributed by atoms with E-state index in [1.165, 1.54) is 63.4 Å². The predicted molar refractivity (Wildman–Crippen MR) is 94.6 cm³/mol. The Morgan fingerprint density at radius 1 is 1.05 bits per heavy atom. The van der Waals surface area contributed by atoms with E-state index in [0.717, 1.165) is 23.7 Å². The van der Waals surface area contributed by atoms with Gasteiger partial charge >= 0.3 is 0 Å². The van der Waals surface area contributed by atoms with Crippen LogP contribution < -0.4 is 0 Å². The van der Waals surface area contributed by atoms with Crippen LogP contribution in [-0.2, 0) is 0 Å². The fourth-order valence-corrected chi connectivity index (χ4v) is 7.43. The molecular weight excluding hydrogens is 264 g/mol. The first-order chi connectivity index (χ1) is 10.5. The first-order valence-electron chi connectivity index (χ1n) is 9.88. The maximum Gasteiger partial charge on any atom is -0.00790 e. The maximum atomic E-state index is 4.25. The summed E-state index contributed by atoms with van der Waals surface area (Å²) in [6.07, 6.45) is 15.4. The second-order valence-corrected chi connectivity index (χ2v) is 9.39. The number of fused-ring (bicyclic) bond motifs is 5. The van der Waals surface area contributed by atoms with Crippen LogP contribution in [0.25, 0.3) is 0 Å². The lowest BCUT2D eigenvalue weighted by Crippen LogP contribution is -2.50. The van der Waals surface area contributed by atoms with Crippen LogP contribution in [0.4, 0.5) is 0 Å². The zero-order chi connectivity index (χ0) is 15.5. The van der Waals surface area contributed by atoms with Crippen LogP contribution in [0.1, 0.15) is 78.6 Å². The molecule has 4 rings (SSSR count). The number of hydrogen-bond donors (Lipinski definition) is 0. The summed E-state index contributed by atoms with van der Waals surface area (Å²) in [5.41, 5.74) is 4.33. The third kappa shape index (κ3) is 1.88. The third-order valence-electron chi connectivity index (χ3n) is 8.77. The monoisotopic (exact) mass is 298 g/mol. The minimum Gasteiger partial charge on any atom is -0.0958 e. The molecule has 0 aromatic rings. The van der Waals surface area contributed by atoms with E-state index in [1.807, 2.05) is 0 Å². The summed E-state index contributed by atoms with van der Waals surface area (Å²) in [7, 11) is 0. The molecular formula is C22H34. The molecule has 4 aliphatic carbocycles. The van der Waals surface area contributed by atoms with Crippen LogP contribution in [0.15, 0.2) is 23.8 Å². The van der Waals surface area contributed by atoms with Crippen molar-refractivity contribution in [3.05, 3.63) is 23.8 Å². The smallest absolute Gasteiger partial charge is 0.00790 e. The van der Waals surface area contributed by atoms with Crippen LogP contribution in [0.5, 0.6) is 0 Å². The molecule has 3 fully saturated rings. The fourth-order valence-electron chi connectivity index (χ4n) is 7.43. The van der Waals surface area contributed by atoms with E-state index in [0.29, 0.717) is 10.8 Å². The van der Waals surface area contributed by atoms with E-state index >= 15 is 0 Å². The van der Waals surface area contributed by atoms with Gasteiger partial charge in [0, 0.05) is 0 Å². The molecule has 0 spiro atoms. The largest absolute Gasteiger partial charge is 0.0958 e. The lowest BCUT2D eigenvalue weighted by molar-refractivity contribution is -0.0502. The highest BCUT2D eigenvalue weighted by Crippen LogP contribution is 2.67. The maximum absolute atomic E-state index is 4.25. The van der Waals surface area contributed by atoms with Gasteiger partial charge in [-0.1, -0.05) is 51.0 Å². The molecule has 3 saturated carbocycles. The summed E-state index contributed by atoms with van der Waals surface area (Å²) in [6, 6.07) is 0. The minimum atomic E-state index is 0.510. The molecule has 0 N–H and O–H groups in total. The zero-order valence-corrected chi connectivity index (χ0v) is 15.0. The van der Waals surface area contributed by atoms with E-state index in [9.17, 15) is 0 Å². The van der Waals surface area contributed by atoms with Gasteiger partial charge in [0.25, 0.3) is 0 Å². The van der Waals surface area contributed by atoms with Gasteiger partial charge in [-0.25, -0.2) is 0 Å². The lowest BCUT2D eigenvalue weighted by Gasteiger charge is -2.58. The van der Waals surface area contributed by atoms with Gasteiger partial charge < -0.3 is 0 Å². The summed E-state index contributed by atoms with van der Waals surface area (Å²) in [5.74, 6) is 4.02. The quantitative estimate of drug-likeness (QED) is 0.516. The number of rotatable bonds is 1. The van der Waals surface area contributed by atoms with E-state index in [-0.39, 0.29) is 0 Å². The highest BCUT2D eigenvalue weighted by Gasteiger charge is 2.58. The normalized spacial score (nSPS) is 50.9. The van der Waals surface area contributed by atoms with Crippen molar-refractivity contribution in [2.75, 3.05) is 0 Å². The molecule has 22 heavy (non-hydrogen) atoms. The molecule has 0 aliphatic heterocycles. The Morgan fingerprint density at radius 2 is 1.86 bits per heavy atom. The Balaban J connectivity index is 1.67. The Morgan fingerprint density at radius 3 is 2.64 bits per heavy atom. The van der Waals surface area contributed by atoms with Crippen molar-refractivity contribution >= 4 is 0 Å². The van der Waals surface area contributed by atoms with Crippen LogP contribution in [0.3, 0.4) is 0 Å². The van der Waals surface area contributed by atoms with Crippen molar-refractivity contribution in [1.82, 2.24) is 0 Å². The standard InChI is InChI=1S/C22H34/c1-5-16-7-9-19-18-8-6-17-14-15(2)10-12-22(17,4)20(18)11-13-21(16,19)3/h14,16,18-20H,2,5-13H2,1,3-4H3. The van der Waals surface area contributed by atoms with E-state index in [1.54, 1.807) is 5.57 Å². The predicted octanol–water partition coefficient (Wildman–Crippen LogP) is 6.53. The molecule has 122 valence electrons. The SMILES string of the molecule is C=C1C=C2CCC3C(CCC4(C)C(CC)CCC34)C2(C)CC1. The van der Waals surface area contributed by atoms with Gasteiger partial charge in [-0.05, 0) is 85.9 Å². The van der Waals surface area contributed by atoms with E-state index < -0.39 is 0 Å². The van der Waals surface area contributed by atoms with Gasteiger partial charge in [-0.2, -0.15) is 0 Å². The molecule has 0 aromatic carbocycles. The highest BCUT2D eigenvalue weighted by atomic mass is 14.6. The average molecular weight is 299 g/mol. The molecule has 0 heteroatoms. The van der Waals surface area contributed by atoms with Gasteiger partial charge in [-0.3, -0.25) is 0 Å². The van der Waals surface area contributed by atoms with Crippen molar-refractivity contribution in [2.45, 2.75) is 78.6 Å². The highest BCUT2D eigenvalue weighted by molar-refractivity contribution is 5.33. The zero-order valence-electron chi connectivity index (χ0n) is 15.0. The summed E-state index contributed by atoms with van der Waals surface area (Å²) in [6.45, 7) is 11.9. The Labute approximate surface area is 137 Å². The molecule has 0 nitrogen and oxygen atoms in total. The Hall–Kier alpha value is -0.520. The number of allylic oxidation sites excluding steroid dienone is 3. The molecule has 6 unspecified atom stereocenters. The summed E-state index contributed by atoms with van der Waals surface area (Å²) >= 11 is 0. The summed E-state index contributed by atoms with van der Waals surface area (Å²) in [5, 5.41) is 0. The van der Waals surface area contributed by atoms with Crippen molar-refractivity contribution in [3.63, 3.8) is 0 Å². The fraction of sp³-hybridized carbons (Fsp3) is 0.818. The summed E-state index contributed by atoms with van der Waals surface area (Å²) < 4.78 is 0. The van der Waals surface area contributed by atoms with Crippen molar-refractivity contribution < 1.29 is 0 Å². The van der Waals surface area contributed by atoms with Gasteiger partial charge in [0.15, 0.2) is 0 Å². The van der Waals surface area contributed by atoms with Gasteiger partial charge in [0.05, 0.1) is 0 Å². The molecule has 0 radical (unpaired) electrons. The van der Waals surface area contributed by atoms with Crippen LogP contribution >= 0.6 is 0 Å². The number of hydrogen-bond acceptors (Lipinski definition) is 0.